The highest BCUT2D eigenvalue weighted by Gasteiger charge is 1.98. The van der Waals surface area contributed by atoms with Gasteiger partial charge in [0.15, 0.2) is 0 Å². The zero-order valence-electron chi connectivity index (χ0n) is 8.60. The van der Waals surface area contributed by atoms with Crippen molar-refractivity contribution in [1.82, 2.24) is 10.6 Å². The van der Waals surface area contributed by atoms with Gasteiger partial charge in [-0.25, -0.2) is 4.79 Å². The van der Waals surface area contributed by atoms with Crippen LogP contribution in [-0.4, -0.2) is 25.2 Å². The highest BCUT2D eigenvalue weighted by molar-refractivity contribution is 5.73. The Morgan fingerprint density at radius 2 is 2.00 bits per heavy atom. The lowest BCUT2D eigenvalue weighted by Crippen LogP contribution is -2.37. The van der Waals surface area contributed by atoms with Gasteiger partial charge < -0.3 is 16.4 Å². The van der Waals surface area contributed by atoms with E-state index in [4.69, 9.17) is 5.73 Å². The average Bonchev–Trinajstić information content (AvgIpc) is 2.04. The third kappa shape index (κ3) is 9.14. The SMILES string of the molecule is CCCCNC(=O)NCCC(C)N. The van der Waals surface area contributed by atoms with Gasteiger partial charge in [-0.05, 0) is 19.8 Å². The second-order valence-electron chi connectivity index (χ2n) is 3.30. The first-order valence-electron chi connectivity index (χ1n) is 4.94. The van der Waals surface area contributed by atoms with E-state index in [9.17, 15) is 4.79 Å². The van der Waals surface area contributed by atoms with Crippen molar-refractivity contribution in [2.24, 2.45) is 5.73 Å². The van der Waals surface area contributed by atoms with Gasteiger partial charge in [0, 0.05) is 19.1 Å². The number of nitrogens with two attached hydrogens (primary N) is 1. The summed E-state index contributed by atoms with van der Waals surface area (Å²) < 4.78 is 0. The summed E-state index contributed by atoms with van der Waals surface area (Å²) in [7, 11) is 0. The molecule has 0 saturated carbocycles. The van der Waals surface area contributed by atoms with Crippen LogP contribution in [0, 0.1) is 0 Å². The average molecular weight is 187 g/mol. The van der Waals surface area contributed by atoms with Crippen LogP contribution >= 0.6 is 0 Å². The van der Waals surface area contributed by atoms with E-state index in [-0.39, 0.29) is 12.1 Å². The molecule has 0 rings (SSSR count). The van der Waals surface area contributed by atoms with Gasteiger partial charge in [-0.15, -0.1) is 0 Å². The number of amides is 2. The maximum absolute atomic E-state index is 11.0. The first kappa shape index (κ1) is 12.2. The zero-order chi connectivity index (χ0) is 10.1. The number of unbranched alkanes of at least 4 members (excludes halogenated alkanes) is 1. The molecule has 0 aliphatic heterocycles. The lowest BCUT2D eigenvalue weighted by atomic mass is 10.2. The van der Waals surface area contributed by atoms with Crippen molar-refractivity contribution in [2.75, 3.05) is 13.1 Å². The molecule has 0 aliphatic carbocycles. The van der Waals surface area contributed by atoms with Gasteiger partial charge in [0.05, 0.1) is 0 Å². The van der Waals surface area contributed by atoms with Crippen LogP contribution in [0.3, 0.4) is 0 Å². The third-order valence-corrected chi connectivity index (χ3v) is 1.70. The molecule has 0 aliphatic rings. The molecular formula is C9H21N3O. The zero-order valence-corrected chi connectivity index (χ0v) is 8.60. The summed E-state index contributed by atoms with van der Waals surface area (Å²) in [5.41, 5.74) is 5.53. The summed E-state index contributed by atoms with van der Waals surface area (Å²) in [6.07, 6.45) is 2.95. The van der Waals surface area contributed by atoms with E-state index in [0.29, 0.717) is 6.54 Å². The molecule has 0 aromatic rings. The summed E-state index contributed by atoms with van der Waals surface area (Å²) in [6.45, 7) is 5.42. The van der Waals surface area contributed by atoms with Gasteiger partial charge in [0.1, 0.15) is 0 Å². The fraction of sp³-hybridized carbons (Fsp3) is 0.889. The number of nitrogens with one attached hydrogen (secondary N) is 2. The highest BCUT2D eigenvalue weighted by Crippen LogP contribution is 1.84. The van der Waals surface area contributed by atoms with Crippen LogP contribution in [0.5, 0.6) is 0 Å². The molecule has 0 radical (unpaired) electrons. The number of rotatable bonds is 6. The number of carbonyl (C=O) groups excluding carboxylic acids is 1. The summed E-state index contributed by atoms with van der Waals surface area (Å²) in [4.78, 5) is 11.0. The summed E-state index contributed by atoms with van der Waals surface area (Å²) in [5, 5.41) is 5.51. The van der Waals surface area contributed by atoms with Crippen molar-refractivity contribution >= 4 is 6.03 Å². The van der Waals surface area contributed by atoms with Crippen LogP contribution in [0.25, 0.3) is 0 Å². The molecule has 0 aromatic heterocycles. The molecule has 4 N–H and O–H groups in total. The van der Waals surface area contributed by atoms with Crippen LogP contribution in [0.4, 0.5) is 4.79 Å². The largest absolute Gasteiger partial charge is 0.338 e. The summed E-state index contributed by atoms with van der Waals surface area (Å²) >= 11 is 0. The Morgan fingerprint density at radius 3 is 2.54 bits per heavy atom. The molecule has 0 spiro atoms. The third-order valence-electron chi connectivity index (χ3n) is 1.70. The molecule has 2 amide bonds. The van der Waals surface area contributed by atoms with E-state index in [1.54, 1.807) is 0 Å². The Bertz CT molecular complexity index is 137. The van der Waals surface area contributed by atoms with Crippen LogP contribution in [0.1, 0.15) is 33.1 Å². The fourth-order valence-electron chi connectivity index (χ4n) is 0.855. The first-order valence-corrected chi connectivity index (χ1v) is 4.94. The van der Waals surface area contributed by atoms with Gasteiger partial charge in [0.2, 0.25) is 0 Å². The lowest BCUT2D eigenvalue weighted by molar-refractivity contribution is 0.240. The Morgan fingerprint density at radius 1 is 1.38 bits per heavy atom. The molecular weight excluding hydrogens is 166 g/mol. The molecule has 13 heavy (non-hydrogen) atoms. The maximum Gasteiger partial charge on any atom is 0.314 e. The molecule has 1 unspecified atom stereocenters. The standard InChI is InChI=1S/C9H21N3O/c1-3-4-6-11-9(13)12-7-5-8(2)10/h8H,3-7,10H2,1-2H3,(H2,11,12,13). The number of hydrogen-bond donors (Lipinski definition) is 3. The number of carbonyl (C=O) groups is 1. The maximum atomic E-state index is 11.0. The van der Waals surface area contributed by atoms with E-state index in [2.05, 4.69) is 17.6 Å². The topological polar surface area (TPSA) is 67.2 Å². The molecule has 0 aromatic carbocycles. The first-order chi connectivity index (χ1) is 6.16. The summed E-state index contributed by atoms with van der Waals surface area (Å²) in [6, 6.07) is 0.0602. The fourth-order valence-corrected chi connectivity index (χ4v) is 0.855. The highest BCUT2D eigenvalue weighted by atomic mass is 16.2. The molecule has 4 heteroatoms. The van der Waals surface area contributed by atoms with Gasteiger partial charge in [0.25, 0.3) is 0 Å². The molecule has 0 bridgehead atoms. The smallest absolute Gasteiger partial charge is 0.314 e. The number of hydrogen-bond acceptors (Lipinski definition) is 2. The van der Waals surface area contributed by atoms with Crippen molar-refractivity contribution in [3.05, 3.63) is 0 Å². The monoisotopic (exact) mass is 187 g/mol. The predicted octanol–water partition coefficient (Wildman–Crippen LogP) is 0.823. The molecule has 4 nitrogen and oxygen atoms in total. The Balaban J connectivity index is 3.20. The van der Waals surface area contributed by atoms with Gasteiger partial charge >= 0.3 is 6.03 Å². The van der Waals surface area contributed by atoms with E-state index >= 15 is 0 Å². The molecule has 0 heterocycles. The van der Waals surface area contributed by atoms with Crippen molar-refractivity contribution in [1.29, 1.82) is 0 Å². The minimum absolute atomic E-state index is 0.0888. The molecule has 78 valence electrons. The minimum atomic E-state index is -0.0888. The van der Waals surface area contributed by atoms with E-state index < -0.39 is 0 Å². The van der Waals surface area contributed by atoms with Crippen molar-refractivity contribution < 1.29 is 4.79 Å². The van der Waals surface area contributed by atoms with Gasteiger partial charge in [-0.3, -0.25) is 0 Å². The van der Waals surface area contributed by atoms with Crippen molar-refractivity contribution in [3.8, 4) is 0 Å². The van der Waals surface area contributed by atoms with E-state index in [1.807, 2.05) is 6.92 Å². The van der Waals surface area contributed by atoms with Gasteiger partial charge in [-0.1, -0.05) is 13.3 Å². The second-order valence-corrected chi connectivity index (χ2v) is 3.30. The van der Waals surface area contributed by atoms with Crippen LogP contribution < -0.4 is 16.4 Å². The molecule has 1 atom stereocenters. The summed E-state index contributed by atoms with van der Waals surface area (Å²) in [5.74, 6) is 0. The number of urea groups is 1. The van der Waals surface area contributed by atoms with Crippen LogP contribution in [0.15, 0.2) is 0 Å². The van der Waals surface area contributed by atoms with Crippen molar-refractivity contribution in [3.63, 3.8) is 0 Å². The van der Waals surface area contributed by atoms with E-state index in [0.717, 1.165) is 25.8 Å². The lowest BCUT2D eigenvalue weighted by Gasteiger charge is -2.08. The van der Waals surface area contributed by atoms with Gasteiger partial charge in [-0.2, -0.15) is 0 Å². The second kappa shape index (κ2) is 7.86. The van der Waals surface area contributed by atoms with E-state index in [1.165, 1.54) is 0 Å². The molecule has 0 saturated heterocycles. The van der Waals surface area contributed by atoms with Crippen molar-refractivity contribution in [2.45, 2.75) is 39.2 Å². The van der Waals surface area contributed by atoms with Crippen LogP contribution in [0.2, 0.25) is 0 Å². The normalized spacial score (nSPS) is 12.2. The Hall–Kier alpha value is -0.770. The predicted molar refractivity (Wildman–Crippen MR) is 54.6 cm³/mol. The van der Waals surface area contributed by atoms with Crippen LogP contribution in [-0.2, 0) is 0 Å². The molecule has 0 fully saturated rings. The quantitative estimate of drug-likeness (QED) is 0.539. The Kier molecular flexibility index (Phi) is 7.39. The minimum Gasteiger partial charge on any atom is -0.338 e. The Labute approximate surface area is 80.3 Å².